The van der Waals surface area contributed by atoms with Gasteiger partial charge in [-0.25, -0.2) is 13.2 Å². The first-order chi connectivity index (χ1) is 13.4. The molecule has 0 spiro atoms. The van der Waals surface area contributed by atoms with Gasteiger partial charge in [0, 0.05) is 32.7 Å². The number of ether oxygens (including phenoxy) is 1. The Morgan fingerprint density at radius 2 is 1.61 bits per heavy atom. The minimum atomic E-state index is -3.53. The average Bonchev–Trinajstić information content (AvgIpc) is 2.73. The van der Waals surface area contributed by atoms with Crippen molar-refractivity contribution < 1.29 is 17.9 Å². The Balaban J connectivity index is 1.52. The van der Waals surface area contributed by atoms with Crippen LogP contribution >= 0.6 is 0 Å². The minimum Gasteiger partial charge on any atom is -0.497 e. The summed E-state index contributed by atoms with van der Waals surface area (Å²) in [5, 5.41) is 2.88. The van der Waals surface area contributed by atoms with E-state index in [2.05, 4.69) is 5.32 Å². The number of rotatable bonds is 5. The summed E-state index contributed by atoms with van der Waals surface area (Å²) in [6.45, 7) is 3.61. The lowest BCUT2D eigenvalue weighted by molar-refractivity contribution is 0.172. The van der Waals surface area contributed by atoms with E-state index in [0.29, 0.717) is 19.6 Å². The fraction of sp³-hybridized carbons (Fsp3) is 0.350. The predicted molar refractivity (Wildman–Crippen MR) is 107 cm³/mol. The Kier molecular flexibility index (Phi) is 6.21. The summed E-state index contributed by atoms with van der Waals surface area (Å²) in [6, 6.07) is 14.1. The van der Waals surface area contributed by atoms with Crippen LogP contribution in [0.25, 0.3) is 0 Å². The lowest BCUT2D eigenvalue weighted by Crippen LogP contribution is -2.52. The van der Waals surface area contributed by atoms with Gasteiger partial charge in [0.1, 0.15) is 5.75 Å². The molecule has 0 saturated carbocycles. The van der Waals surface area contributed by atoms with Gasteiger partial charge in [-0.05, 0) is 36.8 Å². The zero-order valence-electron chi connectivity index (χ0n) is 16.1. The normalized spacial score (nSPS) is 15.3. The van der Waals surface area contributed by atoms with Crippen LogP contribution in [-0.4, -0.2) is 56.9 Å². The maximum atomic E-state index is 12.7. The number of carbonyl (C=O) groups is 1. The number of aryl methyl sites for hydroxylation is 1. The summed E-state index contributed by atoms with van der Waals surface area (Å²) in [6.07, 6.45) is 0. The van der Waals surface area contributed by atoms with Crippen molar-refractivity contribution >= 4 is 16.1 Å². The van der Waals surface area contributed by atoms with Crippen molar-refractivity contribution in [3.05, 3.63) is 59.7 Å². The Morgan fingerprint density at radius 1 is 1.00 bits per heavy atom. The van der Waals surface area contributed by atoms with E-state index in [9.17, 15) is 13.2 Å². The van der Waals surface area contributed by atoms with Gasteiger partial charge in [0.25, 0.3) is 0 Å². The third-order valence-electron chi connectivity index (χ3n) is 4.79. The summed E-state index contributed by atoms with van der Waals surface area (Å²) in [5.74, 6) is 0.765. The predicted octanol–water partition coefficient (Wildman–Crippen LogP) is 2.22. The van der Waals surface area contributed by atoms with Gasteiger partial charge >= 0.3 is 6.03 Å². The Bertz CT molecular complexity index is 903. The van der Waals surface area contributed by atoms with Crippen molar-refractivity contribution in [2.75, 3.05) is 33.3 Å². The summed E-state index contributed by atoms with van der Waals surface area (Å²) < 4.78 is 32.0. The summed E-state index contributed by atoms with van der Waals surface area (Å²) in [5.41, 5.74) is 1.98. The van der Waals surface area contributed by atoms with Gasteiger partial charge < -0.3 is 15.0 Å². The third-order valence-corrected chi connectivity index (χ3v) is 6.70. The van der Waals surface area contributed by atoms with E-state index in [1.807, 2.05) is 31.2 Å². The molecule has 1 aliphatic heterocycles. The molecule has 0 aromatic heterocycles. The highest BCUT2D eigenvalue weighted by Gasteiger charge is 2.29. The molecule has 7 nitrogen and oxygen atoms in total. The molecule has 0 radical (unpaired) electrons. The molecule has 0 aliphatic carbocycles. The van der Waals surface area contributed by atoms with Gasteiger partial charge in [-0.15, -0.1) is 0 Å². The van der Waals surface area contributed by atoms with E-state index < -0.39 is 10.0 Å². The quantitative estimate of drug-likeness (QED) is 0.830. The zero-order valence-corrected chi connectivity index (χ0v) is 16.9. The molecule has 0 atom stereocenters. The molecule has 2 aromatic carbocycles. The first-order valence-electron chi connectivity index (χ1n) is 9.12. The molecule has 2 amide bonds. The second-order valence-corrected chi connectivity index (χ2v) is 8.65. The molecule has 0 bridgehead atoms. The fourth-order valence-electron chi connectivity index (χ4n) is 3.02. The number of methoxy groups -OCH3 is 1. The molecule has 0 unspecified atom stereocenters. The lowest BCUT2D eigenvalue weighted by atomic mass is 10.2. The number of piperazine rings is 1. The Hall–Kier alpha value is -2.58. The van der Waals surface area contributed by atoms with E-state index >= 15 is 0 Å². The molecule has 1 N–H and O–H groups in total. The second-order valence-electron chi connectivity index (χ2n) is 6.71. The van der Waals surface area contributed by atoms with E-state index in [1.165, 1.54) is 4.31 Å². The highest BCUT2D eigenvalue weighted by Crippen LogP contribution is 2.18. The molecule has 1 saturated heterocycles. The lowest BCUT2D eigenvalue weighted by Gasteiger charge is -2.34. The molecule has 2 aromatic rings. The van der Waals surface area contributed by atoms with E-state index in [1.54, 1.807) is 36.3 Å². The summed E-state index contributed by atoms with van der Waals surface area (Å²) in [4.78, 5) is 14.3. The monoisotopic (exact) mass is 403 g/mol. The number of hydrogen-bond acceptors (Lipinski definition) is 4. The number of sulfonamides is 1. The van der Waals surface area contributed by atoms with Crippen LogP contribution in [0.2, 0.25) is 0 Å². The van der Waals surface area contributed by atoms with Crippen LogP contribution in [0.1, 0.15) is 11.1 Å². The molecule has 1 aliphatic rings. The minimum absolute atomic E-state index is 0.191. The number of amides is 2. The number of carbonyl (C=O) groups excluding carboxylic acids is 1. The van der Waals surface area contributed by atoms with Crippen molar-refractivity contribution in [1.29, 1.82) is 0 Å². The van der Waals surface area contributed by atoms with Gasteiger partial charge in [-0.1, -0.05) is 29.8 Å². The summed E-state index contributed by atoms with van der Waals surface area (Å²) in [7, 11) is -1.92. The van der Waals surface area contributed by atoms with Crippen molar-refractivity contribution in [1.82, 2.24) is 14.5 Å². The molecule has 150 valence electrons. The van der Waals surface area contributed by atoms with Crippen molar-refractivity contribution in [3.63, 3.8) is 0 Å². The van der Waals surface area contributed by atoms with Gasteiger partial charge in [0.2, 0.25) is 10.0 Å². The maximum absolute atomic E-state index is 12.7. The van der Waals surface area contributed by atoms with Gasteiger partial charge in [-0.3, -0.25) is 0 Å². The molecule has 1 fully saturated rings. The molecule has 3 rings (SSSR count). The van der Waals surface area contributed by atoms with E-state index in [4.69, 9.17) is 4.74 Å². The van der Waals surface area contributed by atoms with Crippen LogP contribution in [0.3, 0.4) is 0 Å². The largest absolute Gasteiger partial charge is 0.497 e. The van der Waals surface area contributed by atoms with E-state index in [0.717, 1.165) is 16.9 Å². The highest BCUT2D eigenvalue weighted by atomic mass is 32.2. The van der Waals surface area contributed by atoms with Gasteiger partial charge in [0.05, 0.1) is 12.0 Å². The van der Waals surface area contributed by atoms with Crippen molar-refractivity contribution in [3.8, 4) is 5.75 Å². The van der Waals surface area contributed by atoms with Crippen LogP contribution < -0.4 is 10.1 Å². The van der Waals surface area contributed by atoms with Crippen LogP contribution in [0.5, 0.6) is 5.75 Å². The highest BCUT2D eigenvalue weighted by molar-refractivity contribution is 7.89. The number of nitrogens with one attached hydrogen (secondary N) is 1. The first kappa shape index (κ1) is 20.2. The average molecular weight is 404 g/mol. The standard InChI is InChI=1S/C20H25N3O4S/c1-16-3-9-19(10-4-16)28(25,26)23-13-11-22(12-14-23)20(24)21-15-17-5-7-18(27-2)8-6-17/h3-10H,11-15H2,1-2H3,(H,21,24). The maximum Gasteiger partial charge on any atom is 0.317 e. The third kappa shape index (κ3) is 4.63. The van der Waals surface area contributed by atoms with Gasteiger partial charge in [-0.2, -0.15) is 4.31 Å². The zero-order chi connectivity index (χ0) is 20.1. The SMILES string of the molecule is COc1ccc(CNC(=O)N2CCN(S(=O)(=O)c3ccc(C)cc3)CC2)cc1. The Labute approximate surface area is 166 Å². The van der Waals surface area contributed by atoms with Crippen LogP contribution in [0, 0.1) is 6.92 Å². The van der Waals surface area contributed by atoms with Gasteiger partial charge in [0.15, 0.2) is 0 Å². The molecular weight excluding hydrogens is 378 g/mol. The number of benzene rings is 2. The Morgan fingerprint density at radius 3 is 2.18 bits per heavy atom. The second kappa shape index (κ2) is 8.62. The van der Waals surface area contributed by atoms with Crippen molar-refractivity contribution in [2.24, 2.45) is 0 Å². The van der Waals surface area contributed by atoms with Crippen LogP contribution in [-0.2, 0) is 16.6 Å². The first-order valence-corrected chi connectivity index (χ1v) is 10.6. The van der Waals surface area contributed by atoms with Crippen LogP contribution in [0.4, 0.5) is 4.79 Å². The number of hydrogen-bond donors (Lipinski definition) is 1. The number of nitrogens with zero attached hydrogens (tertiary/aromatic N) is 2. The molecule has 1 heterocycles. The fourth-order valence-corrected chi connectivity index (χ4v) is 4.45. The summed E-state index contributed by atoms with van der Waals surface area (Å²) >= 11 is 0. The molecule has 8 heteroatoms. The van der Waals surface area contributed by atoms with Crippen molar-refractivity contribution in [2.45, 2.75) is 18.4 Å². The van der Waals surface area contributed by atoms with E-state index in [-0.39, 0.29) is 24.0 Å². The topological polar surface area (TPSA) is 79.0 Å². The molecule has 28 heavy (non-hydrogen) atoms. The smallest absolute Gasteiger partial charge is 0.317 e. The number of urea groups is 1. The molecular formula is C20H25N3O4S. The van der Waals surface area contributed by atoms with Crippen LogP contribution in [0.15, 0.2) is 53.4 Å².